The minimum absolute atomic E-state index is 0.440. The first-order chi connectivity index (χ1) is 9.20. The molecule has 1 aliphatic carbocycles. The molecule has 0 radical (unpaired) electrons. The van der Waals surface area contributed by atoms with Gasteiger partial charge in [0.2, 0.25) is 11.8 Å². The number of amides is 1. The maximum atomic E-state index is 11.2. The maximum Gasteiger partial charge on any atom is 0.250 e. The number of pyridine rings is 1. The van der Waals surface area contributed by atoms with Crippen LogP contribution in [0.4, 0.5) is 0 Å². The Balaban J connectivity index is 2.05. The van der Waals surface area contributed by atoms with E-state index in [0.717, 1.165) is 23.6 Å². The molecule has 0 spiro atoms. The highest BCUT2D eigenvalue weighted by Gasteiger charge is 2.20. The molecule has 1 amide bonds. The zero-order chi connectivity index (χ0) is 13.0. The molecule has 19 heavy (non-hydrogen) atoms. The van der Waals surface area contributed by atoms with Gasteiger partial charge in [0.05, 0.1) is 17.3 Å². The van der Waals surface area contributed by atoms with Crippen LogP contribution in [-0.4, -0.2) is 14.9 Å². The maximum absolute atomic E-state index is 11.2. The lowest BCUT2D eigenvalue weighted by molar-refractivity contribution is 0.1000. The average molecular weight is 253 g/mol. The summed E-state index contributed by atoms with van der Waals surface area (Å²) in [5.74, 6) is 1.29. The fourth-order valence-corrected chi connectivity index (χ4v) is 2.16. The van der Waals surface area contributed by atoms with Crippen LogP contribution in [0.15, 0.2) is 47.4 Å². The second-order valence-electron chi connectivity index (χ2n) is 4.66. The van der Waals surface area contributed by atoms with E-state index in [1.807, 2.05) is 33.6 Å². The Hall–Kier alpha value is -2.69. The van der Waals surface area contributed by atoms with E-state index in [2.05, 4.69) is 6.07 Å². The second kappa shape index (κ2) is 3.41. The minimum atomic E-state index is -0.440. The number of carbonyl (C=O) groups excluding carboxylic acids is 1. The summed E-state index contributed by atoms with van der Waals surface area (Å²) in [5, 5.41) is 0. The van der Waals surface area contributed by atoms with E-state index in [0.29, 0.717) is 5.56 Å². The van der Waals surface area contributed by atoms with Gasteiger partial charge in [0.15, 0.2) is 0 Å². The largest absolute Gasteiger partial charge is 0.443 e. The molecule has 0 unspecified atom stereocenters. The smallest absolute Gasteiger partial charge is 0.250 e. The van der Waals surface area contributed by atoms with Crippen molar-refractivity contribution in [2.75, 3.05) is 0 Å². The number of nitrogens with zero attached hydrogens (tertiary/aromatic N) is 2. The summed E-state index contributed by atoms with van der Waals surface area (Å²) in [4.78, 5) is 11.2. The Labute approximate surface area is 108 Å². The van der Waals surface area contributed by atoms with Crippen LogP contribution in [0.25, 0.3) is 11.4 Å². The van der Waals surface area contributed by atoms with E-state index in [4.69, 9.17) is 10.2 Å². The van der Waals surface area contributed by atoms with Gasteiger partial charge >= 0.3 is 0 Å². The molecular formula is C14H11N3O2. The number of aromatic nitrogens is 2. The van der Waals surface area contributed by atoms with Crippen molar-refractivity contribution < 1.29 is 9.21 Å². The van der Waals surface area contributed by atoms with E-state index >= 15 is 0 Å². The summed E-state index contributed by atoms with van der Waals surface area (Å²) in [6, 6.07) is 5.63. The number of fused-ring (bicyclic) bond motifs is 3. The van der Waals surface area contributed by atoms with Crippen molar-refractivity contribution in [3.63, 3.8) is 0 Å². The lowest BCUT2D eigenvalue weighted by atomic mass is 10.2. The van der Waals surface area contributed by atoms with Gasteiger partial charge in [-0.15, -0.1) is 0 Å². The van der Waals surface area contributed by atoms with Crippen molar-refractivity contribution in [2.45, 2.75) is 6.42 Å². The zero-order valence-electron chi connectivity index (χ0n) is 10.0. The van der Waals surface area contributed by atoms with Crippen molar-refractivity contribution in [3.8, 4) is 5.88 Å². The standard InChI is InChI=1S/C14H11N3O2/c15-14(18)10-1-2-11-7-16-4-3-9-5-12(9)19-13(16)8-17(11)6-10/h1-4,6-8H,5H2,(H2,15,18). The molecule has 0 atom stereocenters. The zero-order valence-corrected chi connectivity index (χ0v) is 10.0. The van der Waals surface area contributed by atoms with E-state index < -0.39 is 5.91 Å². The molecule has 0 bridgehead atoms. The third kappa shape index (κ3) is 1.59. The highest BCUT2D eigenvalue weighted by atomic mass is 16.4. The van der Waals surface area contributed by atoms with E-state index in [1.165, 1.54) is 5.56 Å². The SMILES string of the molecule is NC(=O)c1ccc2cn3ccc4c(oc-3cn2c1)C4. The molecule has 0 aromatic carbocycles. The van der Waals surface area contributed by atoms with Gasteiger partial charge in [0.1, 0.15) is 5.76 Å². The Kier molecular flexibility index (Phi) is 1.84. The normalized spacial score (nSPS) is 12.4. The molecule has 0 saturated heterocycles. The van der Waals surface area contributed by atoms with Gasteiger partial charge in [0.25, 0.3) is 0 Å². The third-order valence-corrected chi connectivity index (χ3v) is 3.32. The summed E-state index contributed by atoms with van der Waals surface area (Å²) in [6.07, 6.45) is 8.40. The molecule has 1 aromatic heterocycles. The van der Waals surface area contributed by atoms with Crippen molar-refractivity contribution in [1.29, 1.82) is 0 Å². The van der Waals surface area contributed by atoms with E-state index in [9.17, 15) is 4.79 Å². The highest BCUT2D eigenvalue weighted by molar-refractivity contribution is 5.92. The van der Waals surface area contributed by atoms with Gasteiger partial charge in [-0.1, -0.05) is 0 Å². The molecule has 3 heterocycles. The Bertz CT molecular complexity index is 836. The van der Waals surface area contributed by atoms with Gasteiger partial charge in [-0.3, -0.25) is 9.36 Å². The lowest BCUT2D eigenvalue weighted by Gasteiger charge is -2.09. The van der Waals surface area contributed by atoms with Crippen LogP contribution >= 0.6 is 0 Å². The molecule has 5 heteroatoms. The fourth-order valence-electron chi connectivity index (χ4n) is 2.16. The predicted octanol–water partition coefficient (Wildman–Crippen LogP) is 1.89. The van der Waals surface area contributed by atoms with Gasteiger partial charge in [-0.05, 0) is 23.8 Å². The molecule has 0 fully saturated rings. The van der Waals surface area contributed by atoms with Crippen LogP contribution in [0, 0.1) is 0 Å². The minimum Gasteiger partial charge on any atom is -0.443 e. The second-order valence-corrected chi connectivity index (χ2v) is 4.66. The van der Waals surface area contributed by atoms with Gasteiger partial charge in [0, 0.05) is 25.0 Å². The van der Waals surface area contributed by atoms with Crippen molar-refractivity contribution in [1.82, 2.24) is 8.97 Å². The van der Waals surface area contributed by atoms with Gasteiger partial charge in [-0.2, -0.15) is 0 Å². The Morgan fingerprint density at radius 2 is 2.11 bits per heavy atom. The predicted molar refractivity (Wildman–Crippen MR) is 69.1 cm³/mol. The topological polar surface area (TPSA) is 65.6 Å². The molecule has 2 N–H and O–H groups in total. The van der Waals surface area contributed by atoms with Crippen molar-refractivity contribution >= 4 is 11.4 Å². The van der Waals surface area contributed by atoms with Gasteiger partial charge < -0.3 is 14.6 Å². The van der Waals surface area contributed by atoms with Crippen LogP contribution < -0.4 is 5.73 Å². The molecule has 94 valence electrons. The number of nitrogens with two attached hydrogens (primary N) is 1. The first-order valence-electron chi connectivity index (χ1n) is 5.99. The van der Waals surface area contributed by atoms with Crippen molar-refractivity contribution in [2.24, 2.45) is 5.73 Å². The molecule has 4 rings (SSSR count). The number of carbonyl (C=O) groups is 1. The van der Waals surface area contributed by atoms with Crippen LogP contribution in [-0.2, 0) is 6.42 Å². The monoisotopic (exact) mass is 253 g/mol. The molecule has 5 nitrogen and oxygen atoms in total. The third-order valence-electron chi connectivity index (χ3n) is 3.32. The molecule has 1 aromatic rings. The summed E-state index contributed by atoms with van der Waals surface area (Å²) >= 11 is 0. The number of rotatable bonds is 1. The molecule has 2 aliphatic heterocycles. The van der Waals surface area contributed by atoms with Crippen LogP contribution in [0.2, 0.25) is 0 Å². The van der Waals surface area contributed by atoms with Crippen LogP contribution in [0.3, 0.4) is 0 Å². The Morgan fingerprint density at radius 3 is 2.95 bits per heavy atom. The first-order valence-corrected chi connectivity index (χ1v) is 5.99. The van der Waals surface area contributed by atoms with Gasteiger partial charge in [-0.25, -0.2) is 0 Å². The average Bonchev–Trinajstić information content (AvgIpc) is 3.14. The van der Waals surface area contributed by atoms with E-state index in [1.54, 1.807) is 12.3 Å². The molecular weight excluding hydrogens is 242 g/mol. The summed E-state index contributed by atoms with van der Waals surface area (Å²) < 4.78 is 9.55. The van der Waals surface area contributed by atoms with Crippen molar-refractivity contribution in [3.05, 3.63) is 59.9 Å². The molecule has 0 saturated carbocycles. The summed E-state index contributed by atoms with van der Waals surface area (Å²) in [6.45, 7) is 0. The fraction of sp³-hybridized carbons (Fsp3) is 0.0714. The Morgan fingerprint density at radius 1 is 1.21 bits per heavy atom. The van der Waals surface area contributed by atoms with E-state index in [-0.39, 0.29) is 0 Å². The summed E-state index contributed by atoms with van der Waals surface area (Å²) in [5.41, 5.74) is 7.94. The van der Waals surface area contributed by atoms with Crippen LogP contribution in [0.1, 0.15) is 21.7 Å². The number of hydrogen-bond donors (Lipinski definition) is 1. The highest BCUT2D eigenvalue weighted by Crippen LogP contribution is 2.28. The first kappa shape index (κ1) is 10.3. The number of primary amides is 1. The number of hydrogen-bond acceptors (Lipinski definition) is 2. The quantitative estimate of drug-likeness (QED) is 0.563. The summed E-state index contributed by atoms with van der Waals surface area (Å²) in [7, 11) is 0. The lowest BCUT2D eigenvalue weighted by Crippen LogP contribution is -2.12. The van der Waals surface area contributed by atoms with Crippen LogP contribution in [0.5, 0.6) is 0 Å². The molecule has 3 aliphatic rings.